The number of rotatable bonds is 6. The predicted octanol–water partition coefficient (Wildman–Crippen LogP) is 3.53. The highest BCUT2D eigenvalue weighted by Crippen LogP contribution is 2.37. The van der Waals surface area contributed by atoms with E-state index in [1.54, 1.807) is 35.3 Å². The first-order valence-electron chi connectivity index (χ1n) is 10.7. The molecule has 1 N–H and O–H groups in total. The molecular formula is C22H26BrN3O4S2. The van der Waals surface area contributed by atoms with Crippen molar-refractivity contribution >= 4 is 54.8 Å². The van der Waals surface area contributed by atoms with E-state index in [1.165, 1.54) is 4.31 Å². The van der Waals surface area contributed by atoms with E-state index in [0.29, 0.717) is 55.5 Å². The Morgan fingerprint density at radius 3 is 2.81 bits per heavy atom. The van der Waals surface area contributed by atoms with Crippen LogP contribution in [-0.4, -0.2) is 44.2 Å². The molecule has 3 heterocycles. The van der Waals surface area contributed by atoms with E-state index in [0.717, 1.165) is 10.4 Å². The van der Waals surface area contributed by atoms with Crippen LogP contribution in [0.3, 0.4) is 0 Å². The molecule has 2 aliphatic heterocycles. The minimum atomic E-state index is -3.82. The zero-order valence-corrected chi connectivity index (χ0v) is 21.1. The van der Waals surface area contributed by atoms with Crippen molar-refractivity contribution < 1.29 is 18.0 Å². The molecule has 4 rings (SSSR count). The van der Waals surface area contributed by atoms with Crippen molar-refractivity contribution in [1.82, 2.24) is 9.62 Å². The summed E-state index contributed by atoms with van der Waals surface area (Å²) in [7, 11) is -3.82. The SMILES string of the molecule is CCC(=O)N1CCc2cc(Br)c(S(=O)(=O)N3CCCC(C(=O)NCc4cccs4)C3)cc21. The highest BCUT2D eigenvalue weighted by atomic mass is 79.9. The second-order valence-electron chi connectivity index (χ2n) is 8.06. The molecule has 1 aromatic carbocycles. The monoisotopic (exact) mass is 539 g/mol. The molecule has 2 amide bonds. The first-order chi connectivity index (χ1) is 15.3. The molecule has 7 nitrogen and oxygen atoms in total. The van der Waals surface area contributed by atoms with Crippen LogP contribution in [0.15, 0.2) is 39.0 Å². The number of anilines is 1. The van der Waals surface area contributed by atoms with Crippen molar-refractivity contribution in [3.63, 3.8) is 0 Å². The van der Waals surface area contributed by atoms with Gasteiger partial charge in [-0.05, 0) is 64.3 Å². The zero-order chi connectivity index (χ0) is 22.9. The lowest BCUT2D eigenvalue weighted by atomic mass is 9.99. The third kappa shape index (κ3) is 4.64. The summed E-state index contributed by atoms with van der Waals surface area (Å²) < 4.78 is 29.0. The second-order valence-corrected chi connectivity index (χ2v) is 11.9. The summed E-state index contributed by atoms with van der Waals surface area (Å²) in [5.41, 5.74) is 1.63. The number of fused-ring (bicyclic) bond motifs is 1. The lowest BCUT2D eigenvalue weighted by Gasteiger charge is -2.31. The van der Waals surface area contributed by atoms with E-state index in [4.69, 9.17) is 0 Å². The average molecular weight is 541 g/mol. The Bertz CT molecular complexity index is 1120. The summed E-state index contributed by atoms with van der Waals surface area (Å²) in [4.78, 5) is 27.9. The van der Waals surface area contributed by atoms with Gasteiger partial charge in [-0.2, -0.15) is 4.31 Å². The summed E-state index contributed by atoms with van der Waals surface area (Å²) in [6, 6.07) is 7.31. The number of hydrogen-bond acceptors (Lipinski definition) is 5. The van der Waals surface area contributed by atoms with Crippen LogP contribution in [0.25, 0.3) is 0 Å². The minimum absolute atomic E-state index is 0.0186. The molecule has 32 heavy (non-hydrogen) atoms. The summed E-state index contributed by atoms with van der Waals surface area (Å²) in [6.45, 7) is 3.34. The smallest absolute Gasteiger partial charge is 0.244 e. The molecule has 0 spiro atoms. The number of carbonyl (C=O) groups excluding carboxylic acids is 2. The molecule has 172 valence electrons. The average Bonchev–Trinajstić information content (AvgIpc) is 3.46. The van der Waals surface area contributed by atoms with Gasteiger partial charge in [0.15, 0.2) is 0 Å². The first-order valence-corrected chi connectivity index (χ1v) is 13.9. The lowest BCUT2D eigenvalue weighted by Crippen LogP contribution is -2.45. The third-order valence-electron chi connectivity index (χ3n) is 6.02. The number of nitrogens with zero attached hydrogens (tertiary/aromatic N) is 2. The van der Waals surface area contributed by atoms with E-state index in [1.807, 2.05) is 17.5 Å². The van der Waals surface area contributed by atoms with Crippen LogP contribution in [0.5, 0.6) is 0 Å². The number of piperidine rings is 1. The maximum Gasteiger partial charge on any atom is 0.244 e. The van der Waals surface area contributed by atoms with Gasteiger partial charge in [-0.1, -0.05) is 13.0 Å². The highest BCUT2D eigenvalue weighted by molar-refractivity contribution is 9.10. The largest absolute Gasteiger partial charge is 0.351 e. The Hall–Kier alpha value is -1.75. The molecule has 2 aliphatic rings. The Morgan fingerprint density at radius 1 is 1.28 bits per heavy atom. The van der Waals surface area contributed by atoms with Gasteiger partial charge in [0.2, 0.25) is 21.8 Å². The van der Waals surface area contributed by atoms with Gasteiger partial charge in [-0.15, -0.1) is 11.3 Å². The fourth-order valence-electron chi connectivity index (χ4n) is 4.28. The van der Waals surface area contributed by atoms with Crippen LogP contribution in [0, 0.1) is 5.92 Å². The van der Waals surface area contributed by atoms with Crippen molar-refractivity contribution in [2.75, 3.05) is 24.5 Å². The number of benzene rings is 1. The fraction of sp³-hybridized carbons (Fsp3) is 0.455. The molecule has 2 aromatic rings. The van der Waals surface area contributed by atoms with Gasteiger partial charge >= 0.3 is 0 Å². The standard InChI is InChI=1S/C22H26BrN3O4S2/c1-2-21(27)26-9-7-15-11-18(23)20(12-19(15)26)32(29,30)25-8-3-5-16(14-25)22(28)24-13-17-6-4-10-31-17/h4,6,10-12,16H,2-3,5,7-9,13-14H2,1H3,(H,24,28). The van der Waals surface area contributed by atoms with E-state index in [2.05, 4.69) is 21.2 Å². The van der Waals surface area contributed by atoms with Crippen LogP contribution in [0.4, 0.5) is 5.69 Å². The third-order valence-corrected chi connectivity index (χ3v) is 9.72. The van der Waals surface area contributed by atoms with Crippen LogP contribution >= 0.6 is 27.3 Å². The van der Waals surface area contributed by atoms with Crippen molar-refractivity contribution in [2.24, 2.45) is 5.92 Å². The Balaban J connectivity index is 1.53. The second kappa shape index (κ2) is 9.62. The molecule has 0 bridgehead atoms. The van der Waals surface area contributed by atoms with Gasteiger partial charge < -0.3 is 10.2 Å². The number of amides is 2. The van der Waals surface area contributed by atoms with Gasteiger partial charge in [0.05, 0.1) is 17.4 Å². The van der Waals surface area contributed by atoms with E-state index in [9.17, 15) is 18.0 Å². The van der Waals surface area contributed by atoms with Gasteiger partial charge in [-0.25, -0.2) is 8.42 Å². The number of carbonyl (C=O) groups is 2. The number of halogens is 1. The quantitative estimate of drug-likeness (QED) is 0.608. The molecule has 0 aliphatic carbocycles. The van der Waals surface area contributed by atoms with Crippen molar-refractivity contribution in [2.45, 2.75) is 44.0 Å². The Morgan fingerprint density at radius 2 is 2.09 bits per heavy atom. The predicted molar refractivity (Wildman–Crippen MR) is 128 cm³/mol. The minimum Gasteiger partial charge on any atom is -0.351 e. The Kier molecular flexibility index (Phi) is 7.04. The molecule has 1 unspecified atom stereocenters. The van der Waals surface area contributed by atoms with Gasteiger partial charge in [-0.3, -0.25) is 9.59 Å². The lowest BCUT2D eigenvalue weighted by molar-refractivity contribution is -0.126. The van der Waals surface area contributed by atoms with Crippen LogP contribution in [0.1, 0.15) is 36.6 Å². The molecule has 1 aromatic heterocycles. The molecule has 1 atom stereocenters. The van der Waals surface area contributed by atoms with Gasteiger partial charge in [0.1, 0.15) is 0 Å². The normalized spacial score (nSPS) is 19.1. The van der Waals surface area contributed by atoms with Crippen LogP contribution in [-0.2, 0) is 32.6 Å². The van der Waals surface area contributed by atoms with Gasteiger partial charge in [0.25, 0.3) is 0 Å². The van der Waals surface area contributed by atoms with Crippen molar-refractivity contribution in [3.05, 3.63) is 44.6 Å². The maximum atomic E-state index is 13.5. The molecular weight excluding hydrogens is 514 g/mol. The summed E-state index contributed by atoms with van der Waals surface area (Å²) in [6.07, 6.45) is 2.36. The topological polar surface area (TPSA) is 86.8 Å². The summed E-state index contributed by atoms with van der Waals surface area (Å²) in [5, 5.41) is 4.89. The summed E-state index contributed by atoms with van der Waals surface area (Å²) in [5.74, 6) is -0.522. The first kappa shape index (κ1) is 23.4. The van der Waals surface area contributed by atoms with Crippen LogP contribution in [0.2, 0.25) is 0 Å². The van der Waals surface area contributed by atoms with E-state index < -0.39 is 10.0 Å². The number of sulfonamides is 1. The Labute approximate surface area is 201 Å². The van der Waals surface area contributed by atoms with Gasteiger partial charge in [0, 0.05) is 41.1 Å². The zero-order valence-electron chi connectivity index (χ0n) is 17.8. The molecule has 0 radical (unpaired) electrons. The molecule has 1 fully saturated rings. The molecule has 1 saturated heterocycles. The number of nitrogens with one attached hydrogen (secondary N) is 1. The maximum absolute atomic E-state index is 13.5. The number of thiophene rings is 1. The molecule has 10 heteroatoms. The number of hydrogen-bond donors (Lipinski definition) is 1. The molecule has 0 saturated carbocycles. The van der Waals surface area contributed by atoms with Crippen molar-refractivity contribution in [3.8, 4) is 0 Å². The highest BCUT2D eigenvalue weighted by Gasteiger charge is 2.36. The summed E-state index contributed by atoms with van der Waals surface area (Å²) >= 11 is 5.00. The van der Waals surface area contributed by atoms with Crippen molar-refractivity contribution in [1.29, 1.82) is 0 Å². The van der Waals surface area contributed by atoms with E-state index >= 15 is 0 Å². The van der Waals surface area contributed by atoms with E-state index in [-0.39, 0.29) is 29.2 Å². The fourth-order valence-corrected chi connectivity index (χ4v) is 7.52. The van der Waals surface area contributed by atoms with Crippen LogP contribution < -0.4 is 10.2 Å².